The fourth-order valence-electron chi connectivity index (χ4n) is 1.83. The smallest absolute Gasteiger partial charge is 0.124 e. The van der Waals surface area contributed by atoms with Gasteiger partial charge < -0.3 is 5.11 Å². The predicted octanol–water partition coefficient (Wildman–Crippen LogP) is 3.35. The van der Waals surface area contributed by atoms with Crippen LogP contribution in [-0.2, 0) is 6.42 Å². The van der Waals surface area contributed by atoms with Gasteiger partial charge in [0, 0.05) is 17.0 Å². The number of nitrogens with zero attached hydrogens (tertiary/aromatic N) is 1. The molecule has 1 aromatic carbocycles. The molecule has 0 amide bonds. The summed E-state index contributed by atoms with van der Waals surface area (Å²) in [4.78, 5) is 5.92. The van der Waals surface area contributed by atoms with Crippen LogP contribution >= 0.6 is 11.3 Å². The Balaban J connectivity index is 2.31. The lowest BCUT2D eigenvalue weighted by Crippen LogP contribution is -1.88. The monoisotopic (exact) mass is 247 g/mol. The summed E-state index contributed by atoms with van der Waals surface area (Å²) in [5.41, 5.74) is 3.58. The van der Waals surface area contributed by atoms with E-state index in [9.17, 15) is 0 Å². The van der Waals surface area contributed by atoms with E-state index in [2.05, 4.69) is 24.0 Å². The predicted molar refractivity (Wildman–Crippen MR) is 72.4 cm³/mol. The molecule has 1 aromatic heterocycles. The van der Waals surface area contributed by atoms with Crippen molar-refractivity contribution in [3.8, 4) is 10.6 Å². The quantitative estimate of drug-likeness (QED) is 0.898. The van der Waals surface area contributed by atoms with Gasteiger partial charge in [-0.2, -0.15) is 0 Å². The van der Waals surface area contributed by atoms with E-state index in [-0.39, 0.29) is 6.61 Å². The molecule has 2 aromatic rings. The molecule has 3 heteroatoms. The lowest BCUT2D eigenvalue weighted by Gasteiger charge is -2.00. The Bertz CT molecular complexity index is 505. The van der Waals surface area contributed by atoms with Gasteiger partial charge in [-0.05, 0) is 32.3 Å². The van der Waals surface area contributed by atoms with Crippen molar-refractivity contribution in [2.24, 2.45) is 0 Å². The molecular weight excluding hydrogens is 230 g/mol. The van der Waals surface area contributed by atoms with E-state index >= 15 is 0 Å². The molecule has 90 valence electrons. The van der Waals surface area contributed by atoms with Crippen LogP contribution in [0.3, 0.4) is 0 Å². The van der Waals surface area contributed by atoms with Crippen molar-refractivity contribution in [2.75, 3.05) is 6.61 Å². The number of thiazole rings is 1. The summed E-state index contributed by atoms with van der Waals surface area (Å²) in [6.45, 7) is 4.40. The summed E-state index contributed by atoms with van der Waals surface area (Å²) in [6, 6.07) is 8.32. The number of rotatable bonds is 4. The average Bonchev–Trinajstić information content (AvgIpc) is 2.68. The molecule has 17 heavy (non-hydrogen) atoms. The number of benzene rings is 1. The Labute approximate surface area is 106 Å². The van der Waals surface area contributed by atoms with Crippen molar-refractivity contribution in [1.29, 1.82) is 0 Å². The summed E-state index contributed by atoms with van der Waals surface area (Å²) < 4.78 is 0. The van der Waals surface area contributed by atoms with Crippen LogP contribution in [0.25, 0.3) is 10.6 Å². The van der Waals surface area contributed by atoms with E-state index in [0.717, 1.165) is 23.5 Å². The average molecular weight is 247 g/mol. The zero-order valence-corrected chi connectivity index (χ0v) is 11.0. The molecule has 0 bridgehead atoms. The van der Waals surface area contributed by atoms with Crippen LogP contribution in [0.15, 0.2) is 24.3 Å². The second kappa shape index (κ2) is 5.43. The molecule has 0 unspecified atom stereocenters. The molecule has 0 radical (unpaired) electrons. The van der Waals surface area contributed by atoms with E-state index in [0.29, 0.717) is 0 Å². The largest absolute Gasteiger partial charge is 0.396 e. The van der Waals surface area contributed by atoms with Gasteiger partial charge in [-0.3, -0.25) is 0 Å². The number of aryl methyl sites for hydroxylation is 3. The molecule has 0 aliphatic heterocycles. The van der Waals surface area contributed by atoms with Crippen molar-refractivity contribution < 1.29 is 5.11 Å². The highest BCUT2D eigenvalue weighted by Gasteiger charge is 2.10. The second-order valence-electron chi connectivity index (χ2n) is 4.17. The Kier molecular flexibility index (Phi) is 3.92. The first-order valence-electron chi connectivity index (χ1n) is 5.85. The minimum absolute atomic E-state index is 0.247. The summed E-state index contributed by atoms with van der Waals surface area (Å²) in [5, 5.41) is 9.96. The molecule has 0 saturated carbocycles. The highest BCUT2D eigenvalue weighted by molar-refractivity contribution is 7.15. The van der Waals surface area contributed by atoms with E-state index in [1.165, 1.54) is 16.0 Å². The van der Waals surface area contributed by atoms with Gasteiger partial charge in [0.1, 0.15) is 5.01 Å². The van der Waals surface area contributed by atoms with Crippen molar-refractivity contribution >= 4 is 11.3 Å². The number of aliphatic hydroxyl groups is 1. The topological polar surface area (TPSA) is 33.1 Å². The molecular formula is C14H17NOS. The van der Waals surface area contributed by atoms with Crippen LogP contribution in [0.1, 0.15) is 22.6 Å². The van der Waals surface area contributed by atoms with Crippen molar-refractivity contribution in [3.63, 3.8) is 0 Å². The Morgan fingerprint density at radius 1 is 1.24 bits per heavy atom. The van der Waals surface area contributed by atoms with Crippen molar-refractivity contribution in [3.05, 3.63) is 40.4 Å². The van der Waals surface area contributed by atoms with Crippen LogP contribution in [0, 0.1) is 13.8 Å². The lowest BCUT2D eigenvalue weighted by molar-refractivity contribution is 0.289. The SMILES string of the molecule is Cc1ccccc1-c1nc(C)c(CCCO)s1. The maximum atomic E-state index is 8.87. The zero-order chi connectivity index (χ0) is 12.3. The highest BCUT2D eigenvalue weighted by atomic mass is 32.1. The number of hydrogen-bond acceptors (Lipinski definition) is 3. The zero-order valence-electron chi connectivity index (χ0n) is 10.2. The first-order valence-corrected chi connectivity index (χ1v) is 6.67. The molecule has 1 heterocycles. The molecule has 2 rings (SSSR count). The third-order valence-corrected chi connectivity index (χ3v) is 4.08. The first-order chi connectivity index (χ1) is 8.22. The van der Waals surface area contributed by atoms with E-state index < -0.39 is 0 Å². The molecule has 0 atom stereocenters. The van der Waals surface area contributed by atoms with E-state index in [4.69, 9.17) is 5.11 Å². The number of aliphatic hydroxyl groups excluding tert-OH is 1. The van der Waals surface area contributed by atoms with E-state index in [1.807, 2.05) is 19.1 Å². The summed E-state index contributed by atoms with van der Waals surface area (Å²) >= 11 is 1.74. The van der Waals surface area contributed by atoms with Crippen molar-refractivity contribution in [1.82, 2.24) is 4.98 Å². The van der Waals surface area contributed by atoms with Crippen LogP contribution in [0.5, 0.6) is 0 Å². The summed E-state index contributed by atoms with van der Waals surface area (Å²) in [7, 11) is 0. The fraction of sp³-hybridized carbons (Fsp3) is 0.357. The minimum Gasteiger partial charge on any atom is -0.396 e. The number of aromatic nitrogens is 1. The Hall–Kier alpha value is -1.19. The highest BCUT2D eigenvalue weighted by Crippen LogP contribution is 2.30. The van der Waals surface area contributed by atoms with E-state index in [1.54, 1.807) is 11.3 Å². The van der Waals surface area contributed by atoms with Gasteiger partial charge in [-0.1, -0.05) is 24.3 Å². The third-order valence-electron chi connectivity index (χ3n) is 2.83. The summed E-state index contributed by atoms with van der Waals surface area (Å²) in [5.74, 6) is 0. The van der Waals surface area contributed by atoms with Gasteiger partial charge in [0.05, 0.1) is 5.69 Å². The van der Waals surface area contributed by atoms with Gasteiger partial charge in [-0.15, -0.1) is 11.3 Å². The van der Waals surface area contributed by atoms with Gasteiger partial charge in [-0.25, -0.2) is 4.98 Å². The maximum Gasteiger partial charge on any atom is 0.124 e. The number of hydrogen-bond donors (Lipinski definition) is 1. The third kappa shape index (κ3) is 2.73. The maximum absolute atomic E-state index is 8.87. The molecule has 0 aliphatic carbocycles. The molecule has 0 saturated heterocycles. The molecule has 1 N–H and O–H groups in total. The molecule has 0 aliphatic rings. The van der Waals surface area contributed by atoms with Crippen LogP contribution in [0.4, 0.5) is 0 Å². The van der Waals surface area contributed by atoms with Gasteiger partial charge >= 0.3 is 0 Å². The minimum atomic E-state index is 0.247. The summed E-state index contributed by atoms with van der Waals surface area (Å²) in [6.07, 6.45) is 1.74. The van der Waals surface area contributed by atoms with Gasteiger partial charge in [0.15, 0.2) is 0 Å². The van der Waals surface area contributed by atoms with Crippen LogP contribution in [-0.4, -0.2) is 16.7 Å². The Morgan fingerprint density at radius 2 is 2.00 bits per heavy atom. The standard InChI is InChI=1S/C14H17NOS/c1-10-6-3-4-7-12(10)14-15-11(2)13(17-14)8-5-9-16/h3-4,6-7,16H,5,8-9H2,1-2H3. The molecule has 2 nitrogen and oxygen atoms in total. The van der Waals surface area contributed by atoms with Crippen molar-refractivity contribution in [2.45, 2.75) is 26.7 Å². The van der Waals surface area contributed by atoms with Gasteiger partial charge in [0.2, 0.25) is 0 Å². The lowest BCUT2D eigenvalue weighted by atomic mass is 10.1. The van der Waals surface area contributed by atoms with Crippen LogP contribution in [0.2, 0.25) is 0 Å². The Morgan fingerprint density at radius 3 is 2.71 bits per heavy atom. The second-order valence-corrected chi connectivity index (χ2v) is 5.25. The normalized spacial score (nSPS) is 10.8. The first kappa shape index (κ1) is 12.3. The van der Waals surface area contributed by atoms with Gasteiger partial charge in [0.25, 0.3) is 0 Å². The molecule has 0 fully saturated rings. The fourth-order valence-corrected chi connectivity index (χ4v) is 3.02. The molecule has 0 spiro atoms. The van der Waals surface area contributed by atoms with Crippen LogP contribution < -0.4 is 0 Å².